The van der Waals surface area contributed by atoms with E-state index >= 15 is 0 Å². The van der Waals surface area contributed by atoms with Crippen LogP contribution in [0.1, 0.15) is 36.8 Å². The van der Waals surface area contributed by atoms with Crippen molar-refractivity contribution in [2.45, 2.75) is 27.7 Å². The van der Waals surface area contributed by atoms with Crippen LogP contribution in [-0.2, 0) is 9.53 Å². The lowest BCUT2D eigenvalue weighted by atomic mass is 10.1. The molecule has 3 rings (SSSR count). The molecule has 0 saturated heterocycles. The van der Waals surface area contributed by atoms with E-state index in [-0.39, 0.29) is 6.61 Å². The van der Waals surface area contributed by atoms with E-state index in [1.165, 1.54) is 6.92 Å². The van der Waals surface area contributed by atoms with Gasteiger partial charge in [0.25, 0.3) is 0 Å². The van der Waals surface area contributed by atoms with Crippen molar-refractivity contribution in [3.05, 3.63) is 53.7 Å². The van der Waals surface area contributed by atoms with Gasteiger partial charge in [0.1, 0.15) is 11.5 Å². The summed E-state index contributed by atoms with van der Waals surface area (Å²) < 4.78 is 17.9. The zero-order chi connectivity index (χ0) is 20.3. The Labute approximate surface area is 163 Å². The van der Waals surface area contributed by atoms with Crippen molar-refractivity contribution < 1.29 is 23.8 Å². The van der Waals surface area contributed by atoms with Crippen LogP contribution in [0.3, 0.4) is 0 Å². The highest BCUT2D eigenvalue weighted by molar-refractivity contribution is 6.07. The number of carbonyl (C=O) groups is 2. The summed E-state index contributed by atoms with van der Waals surface area (Å²) in [5.74, 6) is 0.340. The van der Waals surface area contributed by atoms with Crippen molar-refractivity contribution in [3.63, 3.8) is 0 Å². The topological polar surface area (TPSA) is 66.8 Å². The minimum Gasteiger partial charge on any atom is -0.494 e. The van der Waals surface area contributed by atoms with Gasteiger partial charge in [-0.15, -0.1) is 0 Å². The van der Waals surface area contributed by atoms with Gasteiger partial charge >= 0.3 is 11.9 Å². The van der Waals surface area contributed by atoms with E-state index in [0.717, 1.165) is 22.6 Å². The van der Waals surface area contributed by atoms with Gasteiger partial charge in [-0.3, -0.25) is 4.79 Å². The fourth-order valence-electron chi connectivity index (χ4n) is 3.28. The number of esters is 2. The van der Waals surface area contributed by atoms with Crippen LogP contribution >= 0.6 is 0 Å². The molecule has 0 bridgehead atoms. The molecule has 3 aromatic rings. The van der Waals surface area contributed by atoms with Crippen molar-refractivity contribution in [2.75, 3.05) is 13.2 Å². The highest BCUT2D eigenvalue weighted by Gasteiger charge is 2.22. The number of benzene rings is 2. The molecule has 0 aliphatic rings. The van der Waals surface area contributed by atoms with E-state index in [9.17, 15) is 9.59 Å². The molecule has 0 aliphatic carbocycles. The average molecular weight is 381 g/mol. The van der Waals surface area contributed by atoms with Crippen molar-refractivity contribution >= 4 is 22.8 Å². The Morgan fingerprint density at radius 3 is 2.25 bits per heavy atom. The van der Waals surface area contributed by atoms with Gasteiger partial charge in [0.2, 0.25) is 0 Å². The number of nitrogens with zero attached hydrogens (tertiary/aromatic N) is 1. The third kappa shape index (κ3) is 3.71. The summed E-state index contributed by atoms with van der Waals surface area (Å²) >= 11 is 0. The van der Waals surface area contributed by atoms with Crippen molar-refractivity contribution in [1.82, 2.24) is 4.57 Å². The van der Waals surface area contributed by atoms with Crippen molar-refractivity contribution in [1.29, 1.82) is 0 Å². The standard InChI is InChI=1S/C22H23NO5/c1-5-26-17-9-7-16(8-10-17)23-14(3)21(22(25)27-6-2)19-13-18(28-15(4)24)11-12-20(19)23/h7-13H,5-6H2,1-4H3. The maximum absolute atomic E-state index is 12.6. The first-order chi connectivity index (χ1) is 13.5. The lowest BCUT2D eigenvalue weighted by Gasteiger charge is -2.10. The number of hydrogen-bond donors (Lipinski definition) is 0. The number of rotatable bonds is 6. The summed E-state index contributed by atoms with van der Waals surface area (Å²) in [5, 5.41) is 0.670. The number of hydrogen-bond acceptors (Lipinski definition) is 5. The molecule has 0 atom stereocenters. The molecule has 0 N–H and O–H groups in total. The Morgan fingerprint density at radius 2 is 1.64 bits per heavy atom. The normalized spacial score (nSPS) is 10.7. The Balaban J connectivity index is 2.20. The molecule has 146 valence electrons. The summed E-state index contributed by atoms with van der Waals surface area (Å²) in [7, 11) is 0. The number of fused-ring (bicyclic) bond motifs is 1. The minimum atomic E-state index is -0.417. The van der Waals surface area contributed by atoms with Crippen molar-refractivity contribution in [2.24, 2.45) is 0 Å². The first-order valence-corrected chi connectivity index (χ1v) is 9.20. The molecule has 1 heterocycles. The van der Waals surface area contributed by atoms with Gasteiger partial charge in [0.05, 0.1) is 24.3 Å². The molecular weight excluding hydrogens is 358 g/mol. The van der Waals surface area contributed by atoms with Crippen LogP contribution in [-0.4, -0.2) is 29.7 Å². The fraction of sp³-hybridized carbons (Fsp3) is 0.273. The van der Waals surface area contributed by atoms with Crippen LogP contribution in [0.5, 0.6) is 11.5 Å². The van der Waals surface area contributed by atoms with E-state index in [2.05, 4.69) is 0 Å². The van der Waals surface area contributed by atoms with E-state index in [1.54, 1.807) is 19.1 Å². The molecular formula is C22H23NO5. The maximum atomic E-state index is 12.6. The third-order valence-corrected chi connectivity index (χ3v) is 4.32. The van der Waals surface area contributed by atoms with Crippen LogP contribution in [0.15, 0.2) is 42.5 Å². The lowest BCUT2D eigenvalue weighted by Crippen LogP contribution is -2.07. The molecule has 0 aliphatic heterocycles. The van der Waals surface area contributed by atoms with Gasteiger partial charge in [-0.05, 0) is 63.2 Å². The molecule has 0 spiro atoms. The molecule has 1 aromatic heterocycles. The molecule has 0 radical (unpaired) electrons. The van der Waals surface area contributed by atoms with Crippen LogP contribution in [0, 0.1) is 6.92 Å². The summed E-state index contributed by atoms with van der Waals surface area (Å²) in [4.78, 5) is 24.0. The number of aromatic nitrogens is 1. The fourth-order valence-corrected chi connectivity index (χ4v) is 3.28. The zero-order valence-electron chi connectivity index (χ0n) is 16.4. The molecule has 0 amide bonds. The number of ether oxygens (including phenoxy) is 3. The summed E-state index contributed by atoms with van der Waals surface area (Å²) in [6.07, 6.45) is 0. The van der Waals surface area contributed by atoms with Gasteiger partial charge in [-0.2, -0.15) is 0 Å². The Bertz CT molecular complexity index is 1020. The SMILES string of the molecule is CCOC(=O)c1c(C)n(-c2ccc(OCC)cc2)c2ccc(OC(C)=O)cc12. The van der Waals surface area contributed by atoms with E-state index < -0.39 is 11.9 Å². The predicted octanol–water partition coefficient (Wildman–Crippen LogP) is 4.44. The van der Waals surface area contributed by atoms with Crippen LogP contribution in [0.2, 0.25) is 0 Å². The molecule has 0 unspecified atom stereocenters. The van der Waals surface area contributed by atoms with Gasteiger partial charge in [-0.1, -0.05) is 0 Å². The van der Waals surface area contributed by atoms with Gasteiger partial charge in [0.15, 0.2) is 0 Å². The van der Waals surface area contributed by atoms with Gasteiger partial charge in [-0.25, -0.2) is 4.79 Å². The summed E-state index contributed by atoms with van der Waals surface area (Å²) in [6, 6.07) is 12.9. The molecule has 6 heteroatoms. The highest BCUT2D eigenvalue weighted by atomic mass is 16.5. The Kier molecular flexibility index (Phi) is 5.68. The number of carbonyl (C=O) groups excluding carboxylic acids is 2. The van der Waals surface area contributed by atoms with E-state index in [1.807, 2.05) is 48.7 Å². The first-order valence-electron chi connectivity index (χ1n) is 9.20. The largest absolute Gasteiger partial charge is 0.494 e. The first kappa shape index (κ1) is 19.5. The lowest BCUT2D eigenvalue weighted by molar-refractivity contribution is -0.131. The maximum Gasteiger partial charge on any atom is 0.340 e. The Morgan fingerprint density at radius 1 is 0.964 bits per heavy atom. The van der Waals surface area contributed by atoms with Gasteiger partial charge < -0.3 is 18.8 Å². The van der Waals surface area contributed by atoms with Gasteiger partial charge in [0, 0.05) is 23.7 Å². The molecule has 6 nitrogen and oxygen atoms in total. The summed E-state index contributed by atoms with van der Waals surface area (Å²) in [6.45, 7) is 7.78. The highest BCUT2D eigenvalue weighted by Crippen LogP contribution is 2.33. The zero-order valence-corrected chi connectivity index (χ0v) is 16.4. The smallest absolute Gasteiger partial charge is 0.340 e. The predicted molar refractivity (Wildman–Crippen MR) is 106 cm³/mol. The molecule has 0 saturated carbocycles. The monoisotopic (exact) mass is 381 g/mol. The quantitative estimate of drug-likeness (QED) is 0.466. The average Bonchev–Trinajstić information content (AvgIpc) is 2.93. The Hall–Kier alpha value is -3.28. The summed E-state index contributed by atoms with van der Waals surface area (Å²) in [5.41, 5.74) is 2.92. The minimum absolute atomic E-state index is 0.275. The van der Waals surface area contributed by atoms with Crippen molar-refractivity contribution in [3.8, 4) is 17.2 Å². The molecule has 28 heavy (non-hydrogen) atoms. The molecule has 0 fully saturated rings. The molecule has 2 aromatic carbocycles. The second kappa shape index (κ2) is 8.17. The second-order valence-electron chi connectivity index (χ2n) is 6.22. The van der Waals surface area contributed by atoms with E-state index in [4.69, 9.17) is 14.2 Å². The van der Waals surface area contributed by atoms with E-state index in [0.29, 0.717) is 23.3 Å². The van der Waals surface area contributed by atoms with Crippen LogP contribution < -0.4 is 9.47 Å². The second-order valence-corrected chi connectivity index (χ2v) is 6.22. The van der Waals surface area contributed by atoms with Crippen LogP contribution in [0.4, 0.5) is 0 Å². The third-order valence-electron chi connectivity index (χ3n) is 4.32. The van der Waals surface area contributed by atoms with Crippen LogP contribution in [0.25, 0.3) is 16.6 Å².